The van der Waals surface area contributed by atoms with E-state index in [0.717, 1.165) is 32.1 Å². The number of hydrogen-bond acceptors (Lipinski definition) is 1. The van der Waals surface area contributed by atoms with Gasteiger partial charge in [-0.15, -0.1) is 0 Å². The molecule has 1 aromatic carbocycles. The summed E-state index contributed by atoms with van der Waals surface area (Å²) in [4.78, 5) is 13.0. The van der Waals surface area contributed by atoms with Crippen LogP contribution in [-0.2, 0) is 4.79 Å². The number of hydrogen-bond donors (Lipinski definition) is 0. The minimum absolute atomic E-state index is 0.271. The molecule has 0 saturated heterocycles. The summed E-state index contributed by atoms with van der Waals surface area (Å²) < 4.78 is 0. The highest BCUT2D eigenvalue weighted by atomic mass is 28.3. The number of ketones is 1. The molecule has 1 aliphatic carbocycles. The lowest BCUT2D eigenvalue weighted by Crippen LogP contribution is -2.44. The van der Waals surface area contributed by atoms with E-state index < -0.39 is 8.07 Å². The lowest BCUT2D eigenvalue weighted by molar-refractivity contribution is -0.118. The van der Waals surface area contributed by atoms with Gasteiger partial charge in [-0.05, 0) is 31.3 Å². The highest BCUT2D eigenvalue weighted by Gasteiger charge is 2.40. The first-order valence-electron chi connectivity index (χ1n) is 9.34. The Balaban J connectivity index is 2.33. The molecule has 0 spiro atoms. The Morgan fingerprint density at radius 2 is 1.70 bits per heavy atom. The minimum Gasteiger partial charge on any atom is -0.294 e. The molecule has 0 aromatic heterocycles. The third kappa shape index (κ3) is 4.03. The summed E-state index contributed by atoms with van der Waals surface area (Å²) in [7, 11) is -1.72. The average Bonchev–Trinajstić information content (AvgIpc) is 2.88. The Hall–Kier alpha value is -1.15. The highest BCUT2D eigenvalue weighted by Crippen LogP contribution is 2.38. The van der Waals surface area contributed by atoms with E-state index in [1.807, 2.05) is 0 Å². The van der Waals surface area contributed by atoms with E-state index in [1.54, 1.807) is 5.20 Å². The van der Waals surface area contributed by atoms with Gasteiger partial charge in [-0.3, -0.25) is 4.79 Å². The van der Waals surface area contributed by atoms with Crippen molar-refractivity contribution < 1.29 is 4.79 Å². The highest BCUT2D eigenvalue weighted by molar-refractivity contribution is 6.96. The van der Waals surface area contributed by atoms with E-state index in [-0.39, 0.29) is 5.92 Å². The van der Waals surface area contributed by atoms with Crippen molar-refractivity contribution in [2.24, 2.45) is 5.92 Å². The van der Waals surface area contributed by atoms with Crippen LogP contribution >= 0.6 is 0 Å². The third-order valence-corrected chi connectivity index (χ3v) is 9.21. The van der Waals surface area contributed by atoms with Gasteiger partial charge in [-0.1, -0.05) is 86.9 Å². The molecule has 23 heavy (non-hydrogen) atoms. The summed E-state index contributed by atoms with van der Waals surface area (Å²) in [6.45, 7) is 9.29. The van der Waals surface area contributed by atoms with Gasteiger partial charge in [0.2, 0.25) is 0 Å². The molecular weight excluding hydrogens is 296 g/mol. The van der Waals surface area contributed by atoms with Crippen molar-refractivity contribution in [1.82, 2.24) is 0 Å². The number of carbonyl (C=O) groups is 1. The first-order valence-corrected chi connectivity index (χ1v) is 12.3. The molecule has 1 nitrogen and oxygen atoms in total. The zero-order chi connectivity index (χ0) is 16.9. The van der Waals surface area contributed by atoms with Crippen LogP contribution < -0.4 is 5.19 Å². The fraction of sp³-hybridized carbons (Fsp3) is 0.571. The summed E-state index contributed by atoms with van der Waals surface area (Å²) in [5.74, 6) is 0.755. The zero-order valence-electron chi connectivity index (χ0n) is 15.3. The first-order chi connectivity index (χ1) is 11.0. The van der Waals surface area contributed by atoms with Gasteiger partial charge in [-0.2, -0.15) is 0 Å². The van der Waals surface area contributed by atoms with Gasteiger partial charge in [-0.25, -0.2) is 0 Å². The number of rotatable bonds is 8. The molecule has 1 aromatic rings. The van der Waals surface area contributed by atoms with E-state index in [1.165, 1.54) is 23.6 Å². The van der Waals surface area contributed by atoms with Crippen LogP contribution in [0.25, 0.3) is 0 Å². The Kier molecular flexibility index (Phi) is 6.40. The summed E-state index contributed by atoms with van der Waals surface area (Å²) >= 11 is 0. The average molecular weight is 329 g/mol. The third-order valence-electron chi connectivity index (χ3n) is 5.42. The second-order valence-electron chi connectivity index (χ2n) is 7.46. The van der Waals surface area contributed by atoms with Gasteiger partial charge in [0.1, 0.15) is 8.07 Å². The molecular formula is C21H32OSi. The number of unbranched alkanes of at least 4 members (excludes halogenated alkanes) is 2. The van der Waals surface area contributed by atoms with Crippen molar-refractivity contribution in [3.05, 3.63) is 41.1 Å². The Morgan fingerprint density at radius 3 is 2.30 bits per heavy atom. The van der Waals surface area contributed by atoms with Crippen LogP contribution in [-0.4, -0.2) is 13.9 Å². The predicted molar refractivity (Wildman–Crippen MR) is 103 cm³/mol. The van der Waals surface area contributed by atoms with Crippen molar-refractivity contribution >= 4 is 19.0 Å². The summed E-state index contributed by atoms with van der Waals surface area (Å²) in [5.41, 5.74) is 1.22. The van der Waals surface area contributed by atoms with E-state index in [4.69, 9.17) is 0 Å². The molecule has 1 atom stereocenters. The molecule has 1 unspecified atom stereocenters. The number of allylic oxidation sites excluding steroid dienone is 2. The zero-order valence-corrected chi connectivity index (χ0v) is 16.3. The fourth-order valence-electron chi connectivity index (χ4n) is 3.83. The molecule has 0 aliphatic heterocycles. The topological polar surface area (TPSA) is 17.1 Å². The van der Waals surface area contributed by atoms with Gasteiger partial charge in [0.15, 0.2) is 5.78 Å². The lowest BCUT2D eigenvalue weighted by Gasteiger charge is -2.26. The Labute approximate surface area is 143 Å². The molecule has 0 bridgehead atoms. The Bertz CT molecular complexity index is 556. The maximum atomic E-state index is 13.0. The monoisotopic (exact) mass is 328 g/mol. The van der Waals surface area contributed by atoms with Crippen LogP contribution in [0.5, 0.6) is 0 Å². The standard InChI is InChI=1S/C21H32OSi/c1-5-7-12-17-16-20(19(21(17)22)15-8-6-2)23(3,4)18-13-10-9-11-14-18/h9-11,13-14,17H,5-8,12,15-16H2,1-4H3. The van der Waals surface area contributed by atoms with Crippen molar-refractivity contribution in [2.75, 3.05) is 0 Å². The van der Waals surface area contributed by atoms with Gasteiger partial charge >= 0.3 is 0 Å². The van der Waals surface area contributed by atoms with E-state index in [0.29, 0.717) is 5.78 Å². The van der Waals surface area contributed by atoms with Gasteiger partial charge in [0.25, 0.3) is 0 Å². The van der Waals surface area contributed by atoms with Gasteiger partial charge < -0.3 is 0 Å². The molecule has 126 valence electrons. The molecule has 0 saturated carbocycles. The van der Waals surface area contributed by atoms with E-state index >= 15 is 0 Å². The van der Waals surface area contributed by atoms with Crippen molar-refractivity contribution in [3.8, 4) is 0 Å². The summed E-state index contributed by atoms with van der Waals surface area (Å²) in [5, 5.41) is 3.01. The van der Waals surface area contributed by atoms with Crippen LogP contribution in [0, 0.1) is 5.92 Å². The molecule has 0 amide bonds. The summed E-state index contributed by atoms with van der Waals surface area (Å²) in [6.07, 6.45) is 7.78. The van der Waals surface area contributed by atoms with E-state index in [2.05, 4.69) is 57.3 Å². The van der Waals surface area contributed by atoms with Crippen molar-refractivity contribution in [2.45, 2.75) is 71.9 Å². The normalized spacial score (nSPS) is 18.8. The molecule has 0 radical (unpaired) electrons. The predicted octanol–water partition coefficient (Wildman–Crippen LogP) is 5.41. The van der Waals surface area contributed by atoms with Gasteiger partial charge in [0.05, 0.1) is 0 Å². The fourth-order valence-corrected chi connectivity index (χ4v) is 6.96. The summed E-state index contributed by atoms with van der Waals surface area (Å²) in [6, 6.07) is 10.9. The first kappa shape index (κ1) is 18.2. The number of benzene rings is 1. The van der Waals surface area contributed by atoms with Crippen LogP contribution in [0.15, 0.2) is 41.1 Å². The number of carbonyl (C=O) groups excluding carboxylic acids is 1. The van der Waals surface area contributed by atoms with Gasteiger partial charge in [0, 0.05) is 5.92 Å². The molecule has 0 heterocycles. The lowest BCUT2D eigenvalue weighted by atomic mass is 9.96. The molecule has 0 N–H and O–H groups in total. The second kappa shape index (κ2) is 8.10. The maximum absolute atomic E-state index is 13.0. The molecule has 2 rings (SSSR count). The Morgan fingerprint density at radius 1 is 1.04 bits per heavy atom. The largest absolute Gasteiger partial charge is 0.294 e. The molecule has 2 heteroatoms. The molecule has 1 aliphatic rings. The van der Waals surface area contributed by atoms with Crippen LogP contribution in [0.1, 0.15) is 58.8 Å². The van der Waals surface area contributed by atoms with Crippen molar-refractivity contribution in [1.29, 1.82) is 0 Å². The second-order valence-corrected chi connectivity index (χ2v) is 11.9. The SMILES string of the molecule is CCCCC1=C([Si](C)(C)c2ccccc2)CC(CCCC)C1=O. The van der Waals surface area contributed by atoms with Crippen molar-refractivity contribution in [3.63, 3.8) is 0 Å². The van der Waals surface area contributed by atoms with Crippen LogP contribution in [0.3, 0.4) is 0 Å². The molecule has 0 fully saturated rings. The van der Waals surface area contributed by atoms with Crippen LogP contribution in [0.4, 0.5) is 0 Å². The van der Waals surface area contributed by atoms with E-state index in [9.17, 15) is 4.79 Å². The van der Waals surface area contributed by atoms with Crippen LogP contribution in [0.2, 0.25) is 13.1 Å². The maximum Gasteiger partial charge on any atom is 0.161 e. The smallest absolute Gasteiger partial charge is 0.161 e. The number of Topliss-reactive ketones (excluding diaryl/α,β-unsaturated/α-hetero) is 1. The quantitative estimate of drug-likeness (QED) is 0.583. The minimum atomic E-state index is -1.72.